The zero-order valence-corrected chi connectivity index (χ0v) is 19.1. The lowest BCUT2D eigenvalue weighted by atomic mass is 9.96. The van der Waals surface area contributed by atoms with Gasteiger partial charge in [-0.3, -0.25) is 9.59 Å². The molecule has 0 spiro atoms. The van der Waals surface area contributed by atoms with E-state index in [4.69, 9.17) is 19.3 Å². The van der Waals surface area contributed by atoms with E-state index < -0.39 is 73.3 Å². The molecule has 0 aromatic heterocycles. The molecule has 0 unspecified atom stereocenters. The van der Waals surface area contributed by atoms with Crippen LogP contribution in [-0.2, 0) is 23.8 Å². The summed E-state index contributed by atoms with van der Waals surface area (Å²) in [7, 11) is 0. The third-order valence-corrected chi connectivity index (χ3v) is 5.14. The van der Waals surface area contributed by atoms with Crippen LogP contribution < -0.4 is 0 Å². The third kappa shape index (κ3) is 8.97. The van der Waals surface area contributed by atoms with E-state index in [2.05, 4.69) is 6.58 Å². The first-order chi connectivity index (χ1) is 14.7. The summed E-state index contributed by atoms with van der Waals surface area (Å²) in [6.07, 6.45) is -3.79. The zero-order chi connectivity index (χ0) is 24.7. The maximum Gasteiger partial charge on any atom is 0.308 e. The largest absolute Gasteiger partial charge is 0.481 e. The first-order valence-corrected chi connectivity index (χ1v) is 10.4. The monoisotopic (exact) mass is 460 g/mol. The molecule has 1 saturated heterocycles. The number of aliphatic hydroxyl groups is 4. The Kier molecular flexibility index (Phi) is 10.5. The first-order valence-electron chi connectivity index (χ1n) is 10.4. The number of hydrogen-bond acceptors (Lipinski definition) is 9. The lowest BCUT2D eigenvalue weighted by Crippen LogP contribution is -2.60. The summed E-state index contributed by atoms with van der Waals surface area (Å²) >= 11 is 0. The smallest absolute Gasteiger partial charge is 0.308 e. The standard InChI is InChI=1S/C22H36O10/c1-6-22(5,9-7-8-13(2)3)32-20-19(28)18(27)17(26)14(31-20)12-30-16(25)11-21(4,29)10-15(23)24/h6,8,14,17-20,26-29H,1,7,9-12H2,2-5H3,(H,23,24)/t14-,17-,18+,19-,20+,21+,22-/m1/s1. The average Bonchev–Trinajstić information content (AvgIpc) is 2.65. The normalized spacial score (nSPS) is 29.3. The van der Waals surface area contributed by atoms with Crippen LogP contribution in [0, 0.1) is 0 Å². The number of esters is 1. The molecule has 1 heterocycles. The fourth-order valence-electron chi connectivity index (χ4n) is 3.20. The molecule has 0 saturated carbocycles. The van der Waals surface area contributed by atoms with Gasteiger partial charge >= 0.3 is 11.9 Å². The fraction of sp³-hybridized carbons (Fsp3) is 0.727. The van der Waals surface area contributed by atoms with Crippen molar-refractivity contribution in [3.8, 4) is 0 Å². The Morgan fingerprint density at radius 1 is 1.09 bits per heavy atom. The highest BCUT2D eigenvalue weighted by Gasteiger charge is 2.46. The van der Waals surface area contributed by atoms with E-state index in [0.717, 1.165) is 5.57 Å². The molecule has 5 N–H and O–H groups in total. The number of aliphatic carboxylic acids is 1. The summed E-state index contributed by atoms with van der Waals surface area (Å²) in [6.45, 7) is 10.1. The summed E-state index contributed by atoms with van der Waals surface area (Å²) in [5.41, 5.74) is -1.59. The van der Waals surface area contributed by atoms with Gasteiger partial charge in [0.2, 0.25) is 0 Å². The number of rotatable bonds is 12. The second-order valence-electron chi connectivity index (χ2n) is 8.90. The van der Waals surface area contributed by atoms with Crippen molar-refractivity contribution in [1.82, 2.24) is 0 Å². The minimum Gasteiger partial charge on any atom is -0.481 e. The SMILES string of the molecule is C=C[C@](C)(CCC=C(C)C)O[C@@H]1O[C@H](COC(=O)C[C@@](C)(O)CC(=O)O)[C@@H](O)[C@H](O)[C@H]1O. The van der Waals surface area contributed by atoms with Crippen LogP contribution in [0.15, 0.2) is 24.3 Å². The van der Waals surface area contributed by atoms with Crippen LogP contribution in [0.1, 0.15) is 53.4 Å². The Bertz CT molecular complexity index is 684. The molecule has 1 rings (SSSR count). The third-order valence-electron chi connectivity index (χ3n) is 5.14. The van der Waals surface area contributed by atoms with E-state index in [9.17, 15) is 30.0 Å². The summed E-state index contributed by atoms with van der Waals surface area (Å²) in [6, 6.07) is 0. The number of hydrogen-bond donors (Lipinski definition) is 5. The van der Waals surface area contributed by atoms with E-state index in [-0.39, 0.29) is 0 Å². The summed E-state index contributed by atoms with van der Waals surface area (Å²) in [4.78, 5) is 22.7. The highest BCUT2D eigenvalue weighted by molar-refractivity contribution is 5.73. The highest BCUT2D eigenvalue weighted by Crippen LogP contribution is 2.29. The van der Waals surface area contributed by atoms with E-state index in [1.54, 1.807) is 13.0 Å². The van der Waals surface area contributed by atoms with Crippen LogP contribution in [0.2, 0.25) is 0 Å². The Morgan fingerprint density at radius 3 is 2.25 bits per heavy atom. The van der Waals surface area contributed by atoms with Crippen molar-refractivity contribution in [3.63, 3.8) is 0 Å². The van der Waals surface area contributed by atoms with Crippen molar-refractivity contribution in [2.24, 2.45) is 0 Å². The van der Waals surface area contributed by atoms with E-state index >= 15 is 0 Å². The minimum atomic E-state index is -1.81. The van der Waals surface area contributed by atoms with Crippen molar-refractivity contribution in [1.29, 1.82) is 0 Å². The number of ether oxygens (including phenoxy) is 3. The molecule has 10 nitrogen and oxygen atoms in total. The minimum absolute atomic E-state index is 0.505. The van der Waals surface area contributed by atoms with Gasteiger partial charge in [-0.05, 0) is 40.5 Å². The van der Waals surface area contributed by atoms with Crippen molar-refractivity contribution in [2.45, 2.75) is 95.3 Å². The zero-order valence-electron chi connectivity index (χ0n) is 19.1. The molecule has 0 bridgehead atoms. The molecule has 7 atom stereocenters. The van der Waals surface area contributed by atoms with E-state index in [0.29, 0.717) is 12.8 Å². The Labute approximate surface area is 188 Å². The second-order valence-corrected chi connectivity index (χ2v) is 8.90. The summed E-state index contributed by atoms with van der Waals surface area (Å²) in [5.74, 6) is -2.19. The number of carbonyl (C=O) groups excluding carboxylic acids is 1. The molecule has 0 radical (unpaired) electrons. The van der Waals surface area contributed by atoms with Gasteiger partial charge in [-0.1, -0.05) is 17.7 Å². The first kappa shape index (κ1) is 28.2. The summed E-state index contributed by atoms with van der Waals surface area (Å²) in [5, 5.41) is 49.5. The molecular weight excluding hydrogens is 424 g/mol. The predicted molar refractivity (Wildman–Crippen MR) is 113 cm³/mol. The van der Waals surface area contributed by atoms with Crippen LogP contribution >= 0.6 is 0 Å². The van der Waals surface area contributed by atoms with Crippen molar-refractivity contribution in [3.05, 3.63) is 24.3 Å². The highest BCUT2D eigenvalue weighted by atomic mass is 16.7. The van der Waals surface area contributed by atoms with Crippen molar-refractivity contribution in [2.75, 3.05) is 6.61 Å². The molecule has 32 heavy (non-hydrogen) atoms. The van der Waals surface area contributed by atoms with Gasteiger partial charge in [-0.25, -0.2) is 0 Å². The van der Waals surface area contributed by atoms with Crippen LogP contribution in [0.3, 0.4) is 0 Å². The molecule has 0 amide bonds. The topological polar surface area (TPSA) is 163 Å². The molecule has 1 fully saturated rings. The van der Waals surface area contributed by atoms with Gasteiger partial charge in [0.05, 0.1) is 24.0 Å². The lowest BCUT2D eigenvalue weighted by molar-refractivity contribution is -0.320. The van der Waals surface area contributed by atoms with E-state index in [1.165, 1.54) is 6.92 Å². The molecule has 0 aromatic carbocycles. The number of aliphatic hydroxyl groups excluding tert-OH is 3. The number of carboxylic acids is 1. The van der Waals surface area contributed by atoms with Gasteiger partial charge < -0.3 is 39.7 Å². The molecule has 1 aliphatic rings. The molecule has 0 aliphatic carbocycles. The molecular formula is C22H36O10. The van der Waals surface area contributed by atoms with E-state index in [1.807, 2.05) is 19.9 Å². The van der Waals surface area contributed by atoms with Crippen LogP contribution in [0.5, 0.6) is 0 Å². The Morgan fingerprint density at radius 2 is 1.72 bits per heavy atom. The average molecular weight is 461 g/mol. The number of allylic oxidation sites excluding steroid dienone is 2. The Balaban J connectivity index is 2.77. The number of carbonyl (C=O) groups is 2. The van der Waals surface area contributed by atoms with Gasteiger partial charge in [-0.2, -0.15) is 0 Å². The van der Waals surface area contributed by atoms with Gasteiger partial charge in [-0.15, -0.1) is 6.58 Å². The number of carboxylic acid groups (broad SMARTS) is 1. The molecule has 184 valence electrons. The van der Waals surface area contributed by atoms with Crippen molar-refractivity contribution < 1.29 is 49.3 Å². The summed E-state index contributed by atoms with van der Waals surface area (Å²) < 4.78 is 16.4. The van der Waals surface area contributed by atoms with Crippen LogP contribution in [0.25, 0.3) is 0 Å². The van der Waals surface area contributed by atoms with Gasteiger partial charge in [0.1, 0.15) is 31.0 Å². The van der Waals surface area contributed by atoms with Crippen LogP contribution in [-0.4, -0.2) is 86.0 Å². The van der Waals surface area contributed by atoms with Crippen molar-refractivity contribution >= 4 is 11.9 Å². The lowest BCUT2D eigenvalue weighted by Gasteiger charge is -2.43. The van der Waals surface area contributed by atoms with Crippen LogP contribution in [0.4, 0.5) is 0 Å². The van der Waals surface area contributed by atoms with Gasteiger partial charge in [0, 0.05) is 0 Å². The molecule has 0 aromatic rings. The maximum absolute atomic E-state index is 12.0. The predicted octanol–water partition coefficient (Wildman–Crippen LogP) is 0.661. The second kappa shape index (κ2) is 11.9. The van der Waals surface area contributed by atoms with Gasteiger partial charge in [0.15, 0.2) is 6.29 Å². The maximum atomic E-state index is 12.0. The quantitative estimate of drug-likeness (QED) is 0.206. The molecule has 10 heteroatoms. The fourth-order valence-corrected chi connectivity index (χ4v) is 3.20. The van der Waals surface area contributed by atoms with Gasteiger partial charge in [0.25, 0.3) is 0 Å². The Hall–Kier alpha value is -1.82. The molecule has 1 aliphatic heterocycles.